The van der Waals surface area contributed by atoms with Gasteiger partial charge in [0.05, 0.1) is 0 Å². The van der Waals surface area contributed by atoms with Crippen LogP contribution in [-0.4, -0.2) is 4.45 Å². The first-order valence-corrected chi connectivity index (χ1v) is 3.34. The van der Waals surface area contributed by atoms with Gasteiger partial charge in [-0.25, -0.2) is 0 Å². The van der Waals surface area contributed by atoms with Crippen LogP contribution in [0, 0.1) is 0 Å². The first-order chi connectivity index (χ1) is 3.65. The van der Waals surface area contributed by atoms with Gasteiger partial charge < -0.3 is 30.1 Å². The minimum atomic E-state index is -0.667. The first-order valence-electron chi connectivity index (χ1n) is 2.53. The van der Waals surface area contributed by atoms with Gasteiger partial charge in [-0.1, -0.05) is 26.7 Å². The Balaban J connectivity index is -0.0000000720. The molecule has 9 heavy (non-hydrogen) atoms. The van der Waals surface area contributed by atoms with Crippen LogP contribution in [0.25, 0.3) is 0 Å². The molecule has 4 heteroatoms. The van der Waals surface area contributed by atoms with Gasteiger partial charge in [0, 0.05) is 0 Å². The maximum atomic E-state index is 9.07. The fourth-order valence-corrected chi connectivity index (χ4v) is 0. The Kier molecular flexibility index (Phi) is 28.9. The van der Waals surface area contributed by atoms with E-state index >= 15 is 0 Å². The molecule has 0 unspecified atom stereocenters. The molecule has 0 aliphatic rings. The molecule has 0 aliphatic heterocycles. The smallest absolute Gasteiger partial charge is 0.767 e. The Bertz CT molecular complexity index is 52.9. The number of hydrogen-bond donors (Lipinski definition) is 0. The zero-order valence-corrected chi connectivity index (χ0v) is 10.4. The Morgan fingerprint density at radius 3 is 1.33 bits per heavy atom. The molecule has 0 bridgehead atoms. The van der Waals surface area contributed by atoms with E-state index in [-0.39, 0.29) is 19.5 Å². The zero-order chi connectivity index (χ0) is 6.99. The van der Waals surface area contributed by atoms with Crippen LogP contribution in [0.5, 0.6) is 0 Å². The van der Waals surface area contributed by atoms with Gasteiger partial charge in [0.25, 0.3) is 0 Å². The molecule has 0 heterocycles. The topological polar surface area (TPSA) is 17.1 Å². The summed E-state index contributed by atoms with van der Waals surface area (Å²) in [7, 11) is 0. The van der Waals surface area contributed by atoms with E-state index in [0.29, 0.717) is 0 Å². The van der Waals surface area contributed by atoms with Crippen molar-refractivity contribution in [1.29, 1.82) is 0 Å². The molecule has 0 saturated heterocycles. The van der Waals surface area contributed by atoms with Gasteiger partial charge in [-0.05, 0) is 0 Å². The van der Waals surface area contributed by atoms with E-state index in [1.807, 2.05) is 0 Å². The summed E-state index contributed by atoms with van der Waals surface area (Å²) < 4.78 is -0.667. The van der Waals surface area contributed by atoms with Crippen LogP contribution < -0.4 is 0 Å². The van der Waals surface area contributed by atoms with E-state index in [1.165, 1.54) is 12.8 Å². The average molecular weight is 216 g/mol. The normalized spacial score (nSPS) is 6.00. The minimum Gasteiger partial charge on any atom is -0.767 e. The number of hydrogen-bond acceptors (Lipinski definition) is 3. The molecule has 0 radical (unpaired) electrons. The maximum absolute atomic E-state index is 9.07. The second-order valence-corrected chi connectivity index (χ2v) is 2.25. The Morgan fingerprint density at radius 2 is 1.33 bits per heavy atom. The second-order valence-electron chi connectivity index (χ2n) is 1.25. The van der Waals surface area contributed by atoms with Gasteiger partial charge in [0.15, 0.2) is 0 Å². The average Bonchev–Trinajstić information content (AvgIpc) is 1.65. The summed E-state index contributed by atoms with van der Waals surface area (Å²) in [5, 5.41) is 0. The van der Waals surface area contributed by atoms with Crippen molar-refractivity contribution in [3.63, 3.8) is 0 Å². The Labute approximate surface area is 80.6 Å². The van der Waals surface area contributed by atoms with E-state index < -0.39 is 4.45 Å². The van der Waals surface area contributed by atoms with Crippen molar-refractivity contribution >= 4 is 29.7 Å². The molecule has 0 N–H and O–H groups in total. The molecule has 0 saturated carbocycles. The third-order valence-electron chi connectivity index (χ3n) is 0.500. The Hall–Kier alpha value is 0.733. The summed E-state index contributed by atoms with van der Waals surface area (Å²) in [6.45, 7) is 4.36. The van der Waals surface area contributed by atoms with Crippen LogP contribution in [0.3, 0.4) is 0 Å². The van der Waals surface area contributed by atoms with Crippen molar-refractivity contribution in [2.45, 2.75) is 26.7 Å². The van der Waals surface area contributed by atoms with Crippen molar-refractivity contribution < 1.29 is 24.3 Å². The van der Waals surface area contributed by atoms with E-state index in [4.69, 9.17) is 4.79 Å². The maximum Gasteiger partial charge on any atom is 2.00 e. The third-order valence-corrected chi connectivity index (χ3v) is 0.500. The minimum absolute atomic E-state index is 0. The molecule has 0 aromatic rings. The largest absolute Gasteiger partial charge is 2.00 e. The molecule has 0 amide bonds. The van der Waals surface area contributed by atoms with Crippen molar-refractivity contribution in [3.8, 4) is 0 Å². The van der Waals surface area contributed by atoms with E-state index in [2.05, 4.69) is 39.1 Å². The number of rotatable bonds is 1. The van der Waals surface area contributed by atoms with Crippen LogP contribution in [0.2, 0.25) is 0 Å². The van der Waals surface area contributed by atoms with Gasteiger partial charge >= 0.3 is 19.5 Å². The van der Waals surface area contributed by atoms with Crippen LogP contribution >= 0.6 is 0 Å². The van der Waals surface area contributed by atoms with Gasteiger partial charge in [-0.15, -0.1) is 4.45 Å². The van der Waals surface area contributed by atoms with E-state index in [0.717, 1.165) is 0 Å². The molecular formula is C5H10OS2Zn. The molecule has 0 aromatic heterocycles. The summed E-state index contributed by atoms with van der Waals surface area (Å²) in [5.41, 5.74) is 0. The fraction of sp³-hybridized carbons (Fsp3) is 0.800. The SMILES string of the molecule is CCCC.O=C([S-])[S-].[Zn+2]. The monoisotopic (exact) mass is 214 g/mol. The fourth-order valence-electron chi connectivity index (χ4n) is 0. The van der Waals surface area contributed by atoms with E-state index in [1.54, 1.807) is 0 Å². The summed E-state index contributed by atoms with van der Waals surface area (Å²) in [5.74, 6) is 0. The van der Waals surface area contributed by atoms with Crippen LogP contribution in [0.1, 0.15) is 26.7 Å². The number of carbonyl (C=O) groups is 1. The zero-order valence-electron chi connectivity index (χ0n) is 5.85. The van der Waals surface area contributed by atoms with Gasteiger partial charge in [-0.3, -0.25) is 0 Å². The molecular weight excluding hydrogens is 206 g/mol. The molecule has 0 aliphatic carbocycles. The predicted octanol–water partition coefficient (Wildman–Crippen LogP) is 2.00. The van der Waals surface area contributed by atoms with Gasteiger partial charge in [0.2, 0.25) is 0 Å². The molecule has 50 valence electrons. The van der Waals surface area contributed by atoms with Crippen LogP contribution in [-0.2, 0) is 44.7 Å². The van der Waals surface area contributed by atoms with Crippen molar-refractivity contribution in [3.05, 3.63) is 0 Å². The van der Waals surface area contributed by atoms with Crippen molar-refractivity contribution in [1.82, 2.24) is 0 Å². The summed E-state index contributed by atoms with van der Waals surface area (Å²) in [6.07, 6.45) is 2.64. The van der Waals surface area contributed by atoms with E-state index in [9.17, 15) is 0 Å². The van der Waals surface area contributed by atoms with Crippen LogP contribution in [0.15, 0.2) is 0 Å². The van der Waals surface area contributed by atoms with Gasteiger partial charge in [-0.2, -0.15) is 0 Å². The van der Waals surface area contributed by atoms with Crippen molar-refractivity contribution in [2.75, 3.05) is 0 Å². The molecule has 0 fully saturated rings. The summed E-state index contributed by atoms with van der Waals surface area (Å²) in [4.78, 5) is 9.07. The number of unbranched alkanes of at least 4 members (excludes halogenated alkanes) is 1. The van der Waals surface area contributed by atoms with Gasteiger partial charge in [0.1, 0.15) is 0 Å². The number of carbonyl (C=O) groups excluding carboxylic acids is 1. The second kappa shape index (κ2) is 15.9. The Morgan fingerprint density at radius 1 is 1.22 bits per heavy atom. The van der Waals surface area contributed by atoms with Crippen molar-refractivity contribution in [2.24, 2.45) is 0 Å². The first kappa shape index (κ1) is 16.4. The molecule has 0 aromatic carbocycles. The molecule has 0 rings (SSSR count). The standard InChI is InChI=1S/C4H10.CH2OS2.Zn/c1-3-4-2;2-1(3)4;/h3-4H2,1-2H3;(H2,2,3,4);/q;;+2/p-2. The van der Waals surface area contributed by atoms with Crippen LogP contribution in [0.4, 0.5) is 4.79 Å². The predicted molar refractivity (Wildman–Crippen MR) is 40.7 cm³/mol. The molecule has 1 nitrogen and oxygen atoms in total. The molecule has 0 atom stereocenters. The summed E-state index contributed by atoms with van der Waals surface area (Å²) in [6, 6.07) is 0. The quantitative estimate of drug-likeness (QED) is 0.492. The third kappa shape index (κ3) is 132. The summed E-state index contributed by atoms with van der Waals surface area (Å²) >= 11 is 7.59. The molecule has 0 spiro atoms.